The normalized spacial score (nSPS) is 18.4. The fourth-order valence-corrected chi connectivity index (χ4v) is 3.88. The van der Waals surface area contributed by atoms with E-state index in [2.05, 4.69) is 4.72 Å². The molecule has 1 saturated heterocycles. The number of benzene rings is 1. The predicted molar refractivity (Wildman–Crippen MR) is 82.6 cm³/mol. The van der Waals surface area contributed by atoms with Crippen LogP contribution in [0.4, 0.5) is 5.69 Å². The molecule has 1 fully saturated rings. The molecule has 0 bridgehead atoms. The van der Waals surface area contributed by atoms with Crippen molar-refractivity contribution in [3.63, 3.8) is 0 Å². The van der Waals surface area contributed by atoms with E-state index in [0.717, 1.165) is 25.0 Å². The van der Waals surface area contributed by atoms with Crippen LogP contribution in [0.1, 0.15) is 23.2 Å². The first kappa shape index (κ1) is 17.4. The Kier molecular flexibility index (Phi) is 5.32. The molecule has 0 aromatic heterocycles. The SMILES string of the molecule is COc1cc(C(=O)O)cc(NS(=O)(=O)CC2CCCOC2)c1O. The second kappa shape index (κ2) is 7.05. The molecular weight excluding hydrogens is 326 g/mol. The lowest BCUT2D eigenvalue weighted by atomic mass is 10.1. The highest BCUT2D eigenvalue weighted by atomic mass is 32.2. The quantitative estimate of drug-likeness (QED) is 0.664. The van der Waals surface area contributed by atoms with Crippen LogP contribution in [0.3, 0.4) is 0 Å². The molecule has 0 amide bonds. The van der Waals surface area contributed by atoms with Gasteiger partial charge in [0.25, 0.3) is 0 Å². The zero-order valence-corrected chi connectivity index (χ0v) is 13.4. The summed E-state index contributed by atoms with van der Waals surface area (Å²) in [6, 6.07) is 2.17. The zero-order valence-electron chi connectivity index (χ0n) is 12.6. The Labute approximate surface area is 134 Å². The molecule has 23 heavy (non-hydrogen) atoms. The van der Waals surface area contributed by atoms with Gasteiger partial charge in [0.2, 0.25) is 10.0 Å². The Morgan fingerprint density at radius 3 is 2.78 bits per heavy atom. The van der Waals surface area contributed by atoms with Gasteiger partial charge in [-0.15, -0.1) is 0 Å². The van der Waals surface area contributed by atoms with Crippen molar-refractivity contribution >= 4 is 21.7 Å². The van der Waals surface area contributed by atoms with Crippen molar-refractivity contribution < 1.29 is 32.9 Å². The van der Waals surface area contributed by atoms with Crippen molar-refractivity contribution in [2.75, 3.05) is 30.8 Å². The molecule has 1 aliphatic heterocycles. The molecule has 0 aliphatic carbocycles. The molecule has 1 aliphatic rings. The average molecular weight is 345 g/mol. The number of carboxylic acids is 1. The standard InChI is InChI=1S/C14H19NO7S/c1-21-12-6-10(14(17)18)5-11(13(12)16)15-23(19,20)8-9-3-2-4-22-7-9/h5-6,9,15-16H,2-4,7-8H2,1H3,(H,17,18). The number of sulfonamides is 1. The molecule has 0 radical (unpaired) electrons. The van der Waals surface area contributed by atoms with Crippen LogP contribution in [0, 0.1) is 5.92 Å². The summed E-state index contributed by atoms with van der Waals surface area (Å²) in [6.07, 6.45) is 1.54. The van der Waals surface area contributed by atoms with Gasteiger partial charge >= 0.3 is 5.97 Å². The highest BCUT2D eigenvalue weighted by molar-refractivity contribution is 7.92. The maximum atomic E-state index is 12.2. The van der Waals surface area contributed by atoms with E-state index in [4.69, 9.17) is 14.6 Å². The van der Waals surface area contributed by atoms with Crippen molar-refractivity contribution in [2.45, 2.75) is 12.8 Å². The number of aromatic carboxylic acids is 1. The molecule has 1 atom stereocenters. The monoisotopic (exact) mass is 345 g/mol. The molecule has 0 spiro atoms. The molecule has 9 heteroatoms. The maximum Gasteiger partial charge on any atom is 0.335 e. The highest BCUT2D eigenvalue weighted by Crippen LogP contribution is 2.36. The number of hydrogen-bond donors (Lipinski definition) is 3. The van der Waals surface area contributed by atoms with Crippen LogP contribution < -0.4 is 9.46 Å². The van der Waals surface area contributed by atoms with E-state index in [9.17, 15) is 18.3 Å². The van der Waals surface area contributed by atoms with Gasteiger partial charge in [-0.05, 0) is 30.9 Å². The first-order chi connectivity index (χ1) is 10.8. The molecule has 0 saturated carbocycles. The Morgan fingerprint density at radius 1 is 1.48 bits per heavy atom. The van der Waals surface area contributed by atoms with Crippen LogP contribution in [-0.2, 0) is 14.8 Å². The Balaban J connectivity index is 2.23. The highest BCUT2D eigenvalue weighted by Gasteiger charge is 2.24. The number of hydrogen-bond acceptors (Lipinski definition) is 6. The number of carboxylic acid groups (broad SMARTS) is 1. The third-order valence-electron chi connectivity index (χ3n) is 3.52. The van der Waals surface area contributed by atoms with Crippen molar-refractivity contribution in [2.24, 2.45) is 5.92 Å². The minimum Gasteiger partial charge on any atom is -0.503 e. The summed E-state index contributed by atoms with van der Waals surface area (Å²) in [5, 5.41) is 19.0. The molecule has 1 unspecified atom stereocenters. The smallest absolute Gasteiger partial charge is 0.335 e. The summed E-state index contributed by atoms with van der Waals surface area (Å²) in [5.74, 6) is -2.13. The third-order valence-corrected chi connectivity index (χ3v) is 4.96. The van der Waals surface area contributed by atoms with Gasteiger partial charge < -0.3 is 19.7 Å². The van der Waals surface area contributed by atoms with Gasteiger partial charge in [-0.1, -0.05) is 0 Å². The fraction of sp³-hybridized carbons (Fsp3) is 0.500. The molecule has 1 aromatic rings. The molecule has 128 valence electrons. The predicted octanol–water partition coefficient (Wildman–Crippen LogP) is 1.27. The molecule has 3 N–H and O–H groups in total. The number of nitrogens with one attached hydrogen (secondary N) is 1. The summed E-state index contributed by atoms with van der Waals surface area (Å²) >= 11 is 0. The van der Waals surface area contributed by atoms with E-state index in [1.807, 2.05) is 0 Å². The largest absolute Gasteiger partial charge is 0.503 e. The molecule has 8 nitrogen and oxygen atoms in total. The van der Waals surface area contributed by atoms with Gasteiger partial charge in [0, 0.05) is 6.61 Å². The fourth-order valence-electron chi connectivity index (χ4n) is 2.42. The van der Waals surface area contributed by atoms with Gasteiger partial charge in [-0.3, -0.25) is 4.72 Å². The van der Waals surface area contributed by atoms with Gasteiger partial charge in [0.1, 0.15) is 0 Å². The van der Waals surface area contributed by atoms with Gasteiger partial charge in [-0.25, -0.2) is 13.2 Å². The van der Waals surface area contributed by atoms with E-state index < -0.39 is 21.7 Å². The van der Waals surface area contributed by atoms with E-state index in [0.29, 0.717) is 13.2 Å². The Morgan fingerprint density at radius 2 is 2.22 bits per heavy atom. The van der Waals surface area contributed by atoms with Gasteiger partial charge in [0.15, 0.2) is 11.5 Å². The van der Waals surface area contributed by atoms with E-state index >= 15 is 0 Å². The number of carbonyl (C=O) groups is 1. The minimum absolute atomic E-state index is 0.122. The third kappa shape index (κ3) is 4.49. The summed E-state index contributed by atoms with van der Waals surface area (Å²) < 4.78 is 36.8. The van der Waals surface area contributed by atoms with Crippen LogP contribution in [0.15, 0.2) is 12.1 Å². The molecule has 2 rings (SSSR count). The van der Waals surface area contributed by atoms with Crippen LogP contribution in [-0.4, -0.2) is 50.7 Å². The van der Waals surface area contributed by atoms with E-state index in [1.165, 1.54) is 7.11 Å². The van der Waals surface area contributed by atoms with Crippen LogP contribution >= 0.6 is 0 Å². The molecule has 1 heterocycles. The maximum absolute atomic E-state index is 12.2. The van der Waals surface area contributed by atoms with Gasteiger partial charge in [0.05, 0.1) is 30.7 Å². The summed E-state index contributed by atoms with van der Waals surface area (Å²) in [6.45, 7) is 0.994. The second-order valence-corrected chi connectivity index (χ2v) is 7.11. The Bertz CT molecular complexity index is 681. The number of ether oxygens (including phenoxy) is 2. The molecule has 1 aromatic carbocycles. The molecular formula is C14H19NO7S. The lowest BCUT2D eigenvalue weighted by molar-refractivity contribution is 0.0626. The number of aromatic hydroxyl groups is 1. The number of anilines is 1. The summed E-state index contributed by atoms with van der Waals surface area (Å²) in [4.78, 5) is 11.1. The van der Waals surface area contributed by atoms with Crippen LogP contribution in [0.25, 0.3) is 0 Å². The minimum atomic E-state index is -3.76. The van der Waals surface area contributed by atoms with Crippen molar-refractivity contribution in [3.05, 3.63) is 17.7 Å². The topological polar surface area (TPSA) is 122 Å². The van der Waals surface area contributed by atoms with E-state index in [-0.39, 0.29) is 28.7 Å². The van der Waals surface area contributed by atoms with Crippen molar-refractivity contribution in [1.82, 2.24) is 0 Å². The number of phenolic OH excluding ortho intramolecular Hbond substituents is 1. The summed E-state index contributed by atoms with van der Waals surface area (Å²) in [7, 11) is -2.51. The number of methoxy groups -OCH3 is 1. The number of rotatable bonds is 6. The number of phenols is 1. The van der Waals surface area contributed by atoms with Crippen molar-refractivity contribution in [1.29, 1.82) is 0 Å². The Hall–Kier alpha value is -2.00. The first-order valence-electron chi connectivity index (χ1n) is 7.05. The summed E-state index contributed by atoms with van der Waals surface area (Å²) in [5.41, 5.74) is -0.420. The first-order valence-corrected chi connectivity index (χ1v) is 8.70. The second-order valence-electron chi connectivity index (χ2n) is 5.35. The van der Waals surface area contributed by atoms with Crippen LogP contribution in [0.2, 0.25) is 0 Å². The van der Waals surface area contributed by atoms with E-state index in [1.54, 1.807) is 0 Å². The lowest BCUT2D eigenvalue weighted by Crippen LogP contribution is -2.28. The van der Waals surface area contributed by atoms with Crippen LogP contribution in [0.5, 0.6) is 11.5 Å². The average Bonchev–Trinajstić information content (AvgIpc) is 2.49. The zero-order chi connectivity index (χ0) is 17.0. The van der Waals surface area contributed by atoms with Gasteiger partial charge in [-0.2, -0.15) is 0 Å². The van der Waals surface area contributed by atoms with Crippen molar-refractivity contribution in [3.8, 4) is 11.5 Å². The lowest BCUT2D eigenvalue weighted by Gasteiger charge is -2.22.